The zero-order valence-corrected chi connectivity index (χ0v) is 59.5. The Morgan fingerprint density at radius 3 is 1.10 bits per heavy atom. The van der Waals surface area contributed by atoms with Gasteiger partial charge in [-0.2, -0.15) is 53.6 Å². The molecule has 5 atom stereocenters. The molecule has 5 heterocycles. The molecule has 0 bridgehead atoms. The maximum Gasteiger partial charge on any atom is 0.425 e. The molecule has 0 saturated carbocycles. The van der Waals surface area contributed by atoms with Crippen LogP contribution in [-0.4, -0.2) is 134 Å². The number of aromatic carboxylic acids is 1. The summed E-state index contributed by atoms with van der Waals surface area (Å²) in [4.78, 5) is 75.7. The number of aliphatic hydroxyl groups excluding tert-OH is 1. The molecule has 8 aromatic rings. The van der Waals surface area contributed by atoms with Crippen LogP contribution in [0.1, 0.15) is 151 Å². The monoisotopic (exact) mass is 1650 g/mol. The number of ether oxygens (including phenoxy) is 7. The molecule has 0 spiro atoms. The predicted molar refractivity (Wildman–Crippen MR) is 377 cm³/mol. The number of halogens is 16. The van der Waals surface area contributed by atoms with Crippen LogP contribution in [0.15, 0.2) is 87.2 Å². The first-order chi connectivity index (χ1) is 51.3. The summed E-state index contributed by atoms with van der Waals surface area (Å²) in [6.07, 6.45) is -17.8. The number of rotatable bonds is 24. The summed E-state index contributed by atoms with van der Waals surface area (Å²) < 4.78 is 234. The Morgan fingerprint density at radius 2 is 0.821 bits per heavy atom. The van der Waals surface area contributed by atoms with E-state index < -0.39 is 182 Å². The fraction of sp³-hybridized carbons (Fsp3) is 0.443. The van der Waals surface area contributed by atoms with Crippen LogP contribution in [0, 0.1) is 29.1 Å². The fourth-order valence-corrected chi connectivity index (χ4v) is 10.8. The Bertz CT molecular complexity index is 4740. The Labute approximate surface area is 639 Å². The minimum Gasteiger partial charge on any atom is -0.480 e. The number of anilines is 2. The van der Waals surface area contributed by atoms with Gasteiger partial charge in [0.05, 0.1) is 32.5 Å². The normalized spacial score (nSPS) is 15.1. The van der Waals surface area contributed by atoms with Gasteiger partial charge in [0.2, 0.25) is 0 Å². The van der Waals surface area contributed by atoms with E-state index in [0.29, 0.717) is 91.2 Å². The van der Waals surface area contributed by atoms with Crippen molar-refractivity contribution in [2.75, 3.05) is 23.8 Å². The largest absolute Gasteiger partial charge is 0.480 e. The molecule has 2 aliphatic heterocycles. The Morgan fingerprint density at radius 1 is 0.509 bits per heavy atom. The number of aromatic nitrogens is 9. The van der Waals surface area contributed by atoms with E-state index in [1.165, 1.54) is 33.4 Å². The molecule has 112 heavy (non-hydrogen) atoms. The third kappa shape index (κ3) is 22.3. The van der Waals surface area contributed by atoms with Crippen molar-refractivity contribution < 1.29 is 119 Å². The number of benzene rings is 5. The number of aliphatic hydroxyl groups is 1. The number of carbonyl (C=O) groups is 3. The van der Waals surface area contributed by atoms with Crippen molar-refractivity contribution in [2.24, 2.45) is 0 Å². The second-order valence-corrected chi connectivity index (χ2v) is 24.5. The molecule has 2 unspecified atom stereocenters. The van der Waals surface area contributed by atoms with Crippen LogP contribution >= 0.6 is 23.2 Å². The number of para-hydroxylation sites is 2. The van der Waals surface area contributed by atoms with Crippen LogP contribution in [0.2, 0.25) is 10.0 Å². The highest BCUT2D eigenvalue weighted by molar-refractivity contribution is 6.34. The summed E-state index contributed by atoms with van der Waals surface area (Å²) in [6, 6.07) is 10.7. The van der Waals surface area contributed by atoms with Crippen molar-refractivity contribution >= 4 is 52.4 Å². The Kier molecular flexibility index (Phi) is 32.7. The van der Waals surface area contributed by atoms with Crippen molar-refractivity contribution in [3.8, 4) is 34.3 Å². The van der Waals surface area contributed by atoms with E-state index in [0.717, 1.165) is 48.4 Å². The fourth-order valence-electron chi connectivity index (χ4n) is 10.4. The zero-order valence-electron chi connectivity index (χ0n) is 58.0. The van der Waals surface area contributed by atoms with Gasteiger partial charge < -0.3 is 54.0 Å². The minimum absolute atomic E-state index is 0. The highest BCUT2D eigenvalue weighted by atomic mass is 35.5. The van der Waals surface area contributed by atoms with Gasteiger partial charge in [0.1, 0.15) is 88.8 Å². The van der Waals surface area contributed by atoms with Gasteiger partial charge in [-0.3, -0.25) is 23.3 Å². The second kappa shape index (κ2) is 39.5. The van der Waals surface area contributed by atoms with E-state index in [9.17, 15) is 91.7 Å². The van der Waals surface area contributed by atoms with Crippen LogP contribution in [-0.2, 0) is 58.4 Å². The van der Waals surface area contributed by atoms with Gasteiger partial charge in [0.15, 0.2) is 48.4 Å². The maximum atomic E-state index is 15.4. The van der Waals surface area contributed by atoms with Crippen molar-refractivity contribution in [1.82, 2.24) is 43.0 Å². The third-order valence-corrected chi connectivity index (χ3v) is 16.9. The SMILES string of the molecule is C.C.C.CCn1c(CO)nn(-c2cc(O[C@@H](C)C(F)(F)F)c(C(=O)Nc3c(F)cccc3Cl)cc2F)c1=O.CCn1c(COC2CCCCO2)nn(-c2cc(O[C@@H](C)C(F)(F)F)c(C(=O)Nc3c(F)cccc3Cl)cc2F)c1=O.CCn1c(COC2CCCCO2)nn(-c2cc(O[C@@H](C)C(F)(F)F)c(C(=O)O)cc2F)c1=O. The van der Waals surface area contributed by atoms with Crippen LogP contribution in [0.5, 0.6) is 17.2 Å². The van der Waals surface area contributed by atoms with Crippen molar-refractivity contribution in [3.05, 3.63) is 178 Å². The van der Waals surface area contributed by atoms with Gasteiger partial charge in [-0.1, -0.05) is 57.6 Å². The van der Waals surface area contributed by atoms with Crippen LogP contribution in [0.25, 0.3) is 17.1 Å². The van der Waals surface area contributed by atoms with E-state index >= 15 is 8.78 Å². The summed E-state index contributed by atoms with van der Waals surface area (Å²) in [5, 5.41) is 34.4. The Balaban J connectivity index is 0.000000298. The quantitative estimate of drug-likeness (QED) is 0.0409. The van der Waals surface area contributed by atoms with Gasteiger partial charge in [-0.05, 0) is 123 Å². The van der Waals surface area contributed by atoms with E-state index in [-0.39, 0.29) is 82.6 Å². The van der Waals surface area contributed by atoms with Crippen molar-refractivity contribution in [1.29, 1.82) is 0 Å². The van der Waals surface area contributed by atoms with Crippen molar-refractivity contribution in [3.63, 3.8) is 0 Å². The number of alkyl halides is 9. The molecular weight excluding hydrogens is 1570 g/mol. The van der Waals surface area contributed by atoms with Gasteiger partial charge in [-0.25, -0.2) is 41.1 Å². The molecule has 616 valence electrons. The number of hydrogen-bond donors (Lipinski definition) is 4. The summed E-state index contributed by atoms with van der Waals surface area (Å²) in [5.74, 6) is -11.7. The van der Waals surface area contributed by atoms with Crippen LogP contribution in [0.4, 0.5) is 72.8 Å². The lowest BCUT2D eigenvalue weighted by atomic mass is 10.1. The first kappa shape index (κ1) is 92.7. The molecule has 2 aliphatic rings. The van der Waals surface area contributed by atoms with E-state index in [2.05, 4.69) is 25.9 Å². The number of carboxylic acid groups (broad SMARTS) is 1. The van der Waals surface area contributed by atoms with Gasteiger partial charge in [-0.15, -0.1) is 15.3 Å². The van der Waals surface area contributed by atoms with Gasteiger partial charge in [0, 0.05) is 51.0 Å². The first-order valence-corrected chi connectivity index (χ1v) is 33.7. The standard InChI is InChI=1S/C26H26ClF5N4O5.C21H18ClF5N4O4.C20H23F4N3O6.3CH4/c1-3-35-21(13-40-22-9-4-5-10-39-22)34-36(25(35)38)19-12-20(41-14(2)26(30,31)32)15(11-18(19)29)24(37)33-23-16(27)7-6-8-17(23)28;1-3-30-17(9-32)29-31(20(30)34)15-8-16(35-10(2)21(25,26)27)11(7-14(15)24)19(33)28-18-12(22)5-4-6-13(18)23;1-3-26-16(10-32-17-6-4-5-7-31-17)25-27(19(26)30)14-9-15(33-11(2)20(22,23)24)12(18(28)29)8-13(14)21;;;/h6-8,11-12,14,22H,3-5,9-10,13H2,1-2H3,(H,33,37);4-8,10,32H,3,9H2,1-2H3,(H,28,33);8-9,11,17H,3-7,10H2,1-2H3,(H,28,29);3*1H4/t14-,22?;10-;11-,17?;;;/m000.../s1. The average Bonchev–Trinajstić information content (AvgIpc) is 1.58. The summed E-state index contributed by atoms with van der Waals surface area (Å²) in [7, 11) is 0. The molecule has 2 amide bonds. The molecule has 5 aromatic carbocycles. The number of carboxylic acids is 1. The van der Waals surface area contributed by atoms with Gasteiger partial charge >= 0.3 is 41.6 Å². The molecule has 10 rings (SSSR count). The second-order valence-electron chi connectivity index (χ2n) is 23.6. The number of amides is 2. The highest BCUT2D eigenvalue weighted by Crippen LogP contribution is 2.37. The molecular formula is C70H79Cl2F14N11O15. The summed E-state index contributed by atoms with van der Waals surface area (Å²) in [6.45, 7) is 7.33. The number of nitrogens with one attached hydrogen (secondary N) is 2. The maximum absolute atomic E-state index is 15.4. The molecule has 3 aromatic heterocycles. The number of carbonyl (C=O) groups excluding carboxylic acids is 2. The Hall–Kier alpha value is -9.87. The molecule has 4 N–H and O–H groups in total. The first-order valence-electron chi connectivity index (χ1n) is 32.9. The molecule has 0 aliphatic carbocycles. The molecule has 2 saturated heterocycles. The predicted octanol–water partition coefficient (Wildman–Crippen LogP) is 14.8. The molecule has 26 nitrogen and oxygen atoms in total. The molecule has 0 radical (unpaired) electrons. The van der Waals surface area contributed by atoms with E-state index in [4.69, 9.17) is 56.4 Å². The smallest absolute Gasteiger partial charge is 0.425 e. The lowest BCUT2D eigenvalue weighted by Gasteiger charge is -2.22. The topological polar surface area (TPSA) is 300 Å². The number of hydrogen-bond acceptors (Lipinski definition) is 17. The highest BCUT2D eigenvalue weighted by Gasteiger charge is 2.42. The lowest BCUT2D eigenvalue weighted by molar-refractivity contribution is -0.189. The lowest BCUT2D eigenvalue weighted by Crippen LogP contribution is -2.32. The van der Waals surface area contributed by atoms with E-state index in [1.807, 2.05) is 0 Å². The minimum atomic E-state index is -4.86. The van der Waals surface area contributed by atoms with Crippen LogP contribution < -0.4 is 41.9 Å². The van der Waals surface area contributed by atoms with Crippen molar-refractivity contribution in [2.45, 2.75) is 191 Å². The molecule has 2 fully saturated rings. The third-order valence-electron chi connectivity index (χ3n) is 16.2. The number of nitrogens with zero attached hydrogens (tertiary/aromatic N) is 9. The zero-order chi connectivity index (χ0) is 80.3. The van der Waals surface area contributed by atoms with Gasteiger partial charge in [0.25, 0.3) is 11.8 Å². The summed E-state index contributed by atoms with van der Waals surface area (Å²) >= 11 is 11.8. The molecule has 42 heteroatoms. The van der Waals surface area contributed by atoms with E-state index in [1.54, 1.807) is 20.8 Å². The van der Waals surface area contributed by atoms with Crippen LogP contribution in [0.3, 0.4) is 0 Å². The summed E-state index contributed by atoms with van der Waals surface area (Å²) in [5.41, 5.74) is -7.46. The average molecular weight is 1650 g/mol.